The molecule has 2 amide bonds. The van der Waals surface area contributed by atoms with E-state index in [1.54, 1.807) is 4.68 Å². The van der Waals surface area contributed by atoms with Crippen molar-refractivity contribution in [1.82, 2.24) is 24.9 Å². The fraction of sp³-hybridized carbons (Fsp3) is 0.733. The molecule has 6 nitrogen and oxygen atoms in total. The number of amides is 2. The van der Waals surface area contributed by atoms with Crippen LogP contribution < -0.4 is 5.32 Å². The van der Waals surface area contributed by atoms with E-state index in [2.05, 4.69) is 22.2 Å². The lowest BCUT2D eigenvalue weighted by Gasteiger charge is -2.29. The Morgan fingerprint density at radius 1 is 1.55 bits per heavy atom. The van der Waals surface area contributed by atoms with E-state index in [-0.39, 0.29) is 12.1 Å². The van der Waals surface area contributed by atoms with Crippen LogP contribution in [0.1, 0.15) is 24.9 Å². The Labute approximate surface area is 137 Å². The number of aryl methyl sites for hydroxylation is 1. The normalized spacial score (nSPS) is 20.8. The second-order valence-electron chi connectivity index (χ2n) is 6.06. The largest absolute Gasteiger partial charge is 0.336 e. The van der Waals surface area contributed by atoms with Gasteiger partial charge in [0.05, 0.1) is 12.2 Å². The van der Waals surface area contributed by atoms with Crippen LogP contribution in [0.5, 0.6) is 0 Å². The highest BCUT2D eigenvalue weighted by Crippen LogP contribution is 2.18. The summed E-state index contributed by atoms with van der Waals surface area (Å²) >= 11 is 1.93. The van der Waals surface area contributed by atoms with E-state index in [1.165, 1.54) is 0 Å². The first-order valence-electron chi connectivity index (χ1n) is 7.76. The molecule has 1 fully saturated rings. The predicted octanol–water partition coefficient (Wildman–Crippen LogP) is 1.56. The maximum atomic E-state index is 12.5. The van der Waals surface area contributed by atoms with Crippen molar-refractivity contribution in [3.63, 3.8) is 0 Å². The average molecular weight is 325 g/mol. The quantitative estimate of drug-likeness (QED) is 0.913. The summed E-state index contributed by atoms with van der Waals surface area (Å²) in [5.74, 6) is 2.17. The molecule has 1 aromatic heterocycles. The van der Waals surface area contributed by atoms with Gasteiger partial charge in [-0.1, -0.05) is 0 Å². The van der Waals surface area contributed by atoms with Gasteiger partial charge in [-0.05, 0) is 33.2 Å². The summed E-state index contributed by atoms with van der Waals surface area (Å²) in [4.78, 5) is 16.6. The molecular weight excluding hydrogens is 298 g/mol. The number of likely N-dealkylation sites (N-methyl/N-ethyl adjacent to an activating group) is 1. The van der Waals surface area contributed by atoms with Crippen LogP contribution in [0.4, 0.5) is 4.79 Å². The SMILES string of the molecule is C[C@@H]1CCSCCN1C(=O)NC[C@H](c1cnn(C)c1)N(C)C. The van der Waals surface area contributed by atoms with Gasteiger partial charge in [0.25, 0.3) is 0 Å². The second-order valence-corrected chi connectivity index (χ2v) is 7.28. The number of nitrogens with zero attached hydrogens (tertiary/aromatic N) is 4. The Bertz CT molecular complexity index is 490. The Morgan fingerprint density at radius 3 is 2.95 bits per heavy atom. The minimum Gasteiger partial charge on any atom is -0.336 e. The van der Waals surface area contributed by atoms with Gasteiger partial charge in [-0.3, -0.25) is 4.68 Å². The molecular formula is C15H27N5OS. The molecule has 1 N–H and O–H groups in total. The van der Waals surface area contributed by atoms with Crippen molar-refractivity contribution in [1.29, 1.82) is 0 Å². The summed E-state index contributed by atoms with van der Waals surface area (Å²) < 4.78 is 1.79. The number of urea groups is 1. The van der Waals surface area contributed by atoms with E-state index in [4.69, 9.17) is 0 Å². The maximum absolute atomic E-state index is 12.5. The van der Waals surface area contributed by atoms with Gasteiger partial charge in [0, 0.05) is 43.7 Å². The first-order valence-corrected chi connectivity index (χ1v) is 8.91. The van der Waals surface area contributed by atoms with Crippen LogP contribution in [0.2, 0.25) is 0 Å². The van der Waals surface area contributed by atoms with E-state index < -0.39 is 0 Å². The van der Waals surface area contributed by atoms with Crippen molar-refractivity contribution < 1.29 is 4.79 Å². The molecule has 2 atom stereocenters. The highest BCUT2D eigenvalue weighted by Gasteiger charge is 2.23. The van der Waals surface area contributed by atoms with E-state index in [9.17, 15) is 4.79 Å². The zero-order chi connectivity index (χ0) is 16.1. The monoisotopic (exact) mass is 325 g/mol. The topological polar surface area (TPSA) is 53.4 Å². The first kappa shape index (κ1) is 17.1. The molecule has 2 heterocycles. The molecule has 0 spiro atoms. The molecule has 1 saturated heterocycles. The number of hydrogen-bond donors (Lipinski definition) is 1. The van der Waals surface area contributed by atoms with E-state index in [0.717, 1.165) is 30.0 Å². The molecule has 2 rings (SSSR count). The lowest BCUT2D eigenvalue weighted by Crippen LogP contribution is -2.47. The molecule has 7 heteroatoms. The van der Waals surface area contributed by atoms with Crippen molar-refractivity contribution in [3.05, 3.63) is 18.0 Å². The van der Waals surface area contributed by atoms with Gasteiger partial charge in [0.2, 0.25) is 0 Å². The fourth-order valence-electron chi connectivity index (χ4n) is 2.69. The Balaban J connectivity index is 1.95. The van der Waals surface area contributed by atoms with Gasteiger partial charge >= 0.3 is 6.03 Å². The highest BCUT2D eigenvalue weighted by molar-refractivity contribution is 7.99. The number of nitrogens with one attached hydrogen (secondary N) is 1. The smallest absolute Gasteiger partial charge is 0.317 e. The number of aromatic nitrogens is 2. The van der Waals surface area contributed by atoms with Crippen LogP contribution in [-0.2, 0) is 7.05 Å². The second kappa shape index (κ2) is 7.87. The summed E-state index contributed by atoms with van der Waals surface area (Å²) in [6.07, 6.45) is 4.93. The average Bonchev–Trinajstić information content (AvgIpc) is 2.76. The zero-order valence-electron chi connectivity index (χ0n) is 14.0. The van der Waals surface area contributed by atoms with Gasteiger partial charge in [0.1, 0.15) is 0 Å². The summed E-state index contributed by atoms with van der Waals surface area (Å²) in [5, 5.41) is 7.32. The molecule has 0 saturated carbocycles. The molecule has 0 radical (unpaired) electrons. The van der Waals surface area contributed by atoms with Gasteiger partial charge in [-0.25, -0.2) is 4.79 Å². The number of carbonyl (C=O) groups is 1. The van der Waals surface area contributed by atoms with Gasteiger partial charge in [-0.2, -0.15) is 16.9 Å². The summed E-state index contributed by atoms with van der Waals surface area (Å²) in [6, 6.07) is 0.492. The number of carbonyl (C=O) groups excluding carboxylic acids is 1. The lowest BCUT2D eigenvalue weighted by atomic mass is 10.1. The van der Waals surface area contributed by atoms with Gasteiger partial charge in [0.15, 0.2) is 0 Å². The molecule has 0 unspecified atom stereocenters. The van der Waals surface area contributed by atoms with Gasteiger partial charge < -0.3 is 15.1 Å². The lowest BCUT2D eigenvalue weighted by molar-refractivity contribution is 0.178. The third-order valence-electron chi connectivity index (χ3n) is 4.13. The molecule has 0 aromatic carbocycles. The minimum atomic E-state index is 0.0470. The third-order valence-corrected chi connectivity index (χ3v) is 5.12. The number of hydrogen-bond acceptors (Lipinski definition) is 4. The van der Waals surface area contributed by atoms with Crippen LogP contribution in [-0.4, -0.2) is 70.3 Å². The van der Waals surface area contributed by atoms with Crippen molar-refractivity contribution in [2.24, 2.45) is 7.05 Å². The maximum Gasteiger partial charge on any atom is 0.317 e. The van der Waals surface area contributed by atoms with Crippen molar-refractivity contribution >= 4 is 17.8 Å². The van der Waals surface area contributed by atoms with E-state index >= 15 is 0 Å². The fourth-order valence-corrected chi connectivity index (χ4v) is 3.73. The Kier molecular flexibility index (Phi) is 6.14. The van der Waals surface area contributed by atoms with Crippen LogP contribution >= 0.6 is 11.8 Å². The number of rotatable bonds is 4. The highest BCUT2D eigenvalue weighted by atomic mass is 32.2. The predicted molar refractivity (Wildman–Crippen MR) is 91.1 cm³/mol. The summed E-state index contributed by atoms with van der Waals surface area (Å²) in [5.41, 5.74) is 1.12. The molecule has 1 aromatic rings. The zero-order valence-corrected chi connectivity index (χ0v) is 14.8. The first-order chi connectivity index (χ1) is 10.5. The van der Waals surface area contributed by atoms with Crippen molar-refractivity contribution in [2.45, 2.75) is 25.4 Å². The molecule has 22 heavy (non-hydrogen) atoms. The minimum absolute atomic E-state index is 0.0470. The Morgan fingerprint density at radius 2 is 2.32 bits per heavy atom. The van der Waals surface area contributed by atoms with Crippen LogP contribution in [0.15, 0.2) is 12.4 Å². The molecule has 0 bridgehead atoms. The van der Waals surface area contributed by atoms with Crippen LogP contribution in [0, 0.1) is 0 Å². The van der Waals surface area contributed by atoms with E-state index in [1.807, 2.05) is 50.2 Å². The molecule has 1 aliphatic rings. The Hall–Kier alpha value is -1.21. The summed E-state index contributed by atoms with van der Waals surface area (Å²) in [6.45, 7) is 3.56. The van der Waals surface area contributed by atoms with E-state index in [0.29, 0.717) is 12.6 Å². The van der Waals surface area contributed by atoms with Crippen LogP contribution in [0.3, 0.4) is 0 Å². The van der Waals surface area contributed by atoms with Gasteiger partial charge in [-0.15, -0.1) is 0 Å². The molecule has 124 valence electrons. The van der Waals surface area contributed by atoms with Crippen molar-refractivity contribution in [2.75, 3.05) is 38.7 Å². The van der Waals surface area contributed by atoms with Crippen molar-refractivity contribution in [3.8, 4) is 0 Å². The molecule has 0 aliphatic carbocycles. The summed E-state index contributed by atoms with van der Waals surface area (Å²) in [7, 11) is 5.95. The standard InChI is InChI=1S/C15H27N5OS/c1-12-5-7-22-8-6-20(12)15(21)16-10-14(18(2)3)13-9-17-19(4)11-13/h9,11-12,14H,5-8,10H2,1-4H3,(H,16,21)/t12-,14-/m1/s1. The third kappa shape index (κ3) is 4.39. The van der Waals surface area contributed by atoms with Crippen LogP contribution in [0.25, 0.3) is 0 Å². The number of thioether (sulfide) groups is 1. The molecule has 1 aliphatic heterocycles.